The Balaban J connectivity index is 2.70. The first-order valence-electron chi connectivity index (χ1n) is 5.83. The second-order valence-corrected chi connectivity index (χ2v) is 4.18. The molecule has 0 bridgehead atoms. The quantitative estimate of drug-likeness (QED) is 0.815. The molecule has 0 aliphatic carbocycles. The van der Waals surface area contributed by atoms with Crippen LogP contribution in [0.3, 0.4) is 0 Å². The van der Waals surface area contributed by atoms with Crippen LogP contribution in [0.1, 0.15) is 17.3 Å². The third-order valence-electron chi connectivity index (χ3n) is 2.57. The van der Waals surface area contributed by atoms with Gasteiger partial charge in [0.05, 0.1) is 17.9 Å². The fraction of sp³-hybridized carbons (Fsp3) is 0.462. The fourth-order valence-electron chi connectivity index (χ4n) is 1.67. The van der Waals surface area contributed by atoms with Crippen LogP contribution in [0.15, 0.2) is 18.2 Å². The van der Waals surface area contributed by atoms with Gasteiger partial charge in [0.2, 0.25) is 0 Å². The molecule has 2 N–H and O–H groups in total. The van der Waals surface area contributed by atoms with Crippen LogP contribution in [-0.2, 0) is 4.74 Å². The predicted molar refractivity (Wildman–Crippen MR) is 69.3 cm³/mol. The summed E-state index contributed by atoms with van der Waals surface area (Å²) < 4.78 is 18.4. The minimum atomic E-state index is -0.435. The average Bonchev–Trinajstić information content (AvgIpc) is 2.36. The molecule has 0 aliphatic rings. The monoisotopic (exact) mass is 254 g/mol. The molecule has 1 amide bonds. The number of methoxy groups -OCH3 is 1. The summed E-state index contributed by atoms with van der Waals surface area (Å²) in [5, 5.41) is 5.46. The van der Waals surface area contributed by atoms with Crippen LogP contribution in [0.2, 0.25) is 0 Å². The van der Waals surface area contributed by atoms with E-state index >= 15 is 0 Å². The zero-order chi connectivity index (χ0) is 13.5. The number of nitrogens with one attached hydrogen (secondary N) is 2. The molecule has 0 radical (unpaired) electrons. The topological polar surface area (TPSA) is 50.4 Å². The summed E-state index contributed by atoms with van der Waals surface area (Å²) in [6, 6.07) is 4.42. The van der Waals surface area contributed by atoms with E-state index in [4.69, 9.17) is 4.74 Å². The van der Waals surface area contributed by atoms with Crippen molar-refractivity contribution in [2.45, 2.75) is 6.92 Å². The van der Waals surface area contributed by atoms with Crippen LogP contribution in [0.25, 0.3) is 0 Å². The molecule has 1 atom stereocenters. The number of carbonyl (C=O) groups is 1. The summed E-state index contributed by atoms with van der Waals surface area (Å²) in [7, 11) is 3.20. The molecular weight excluding hydrogens is 235 g/mol. The highest BCUT2D eigenvalue weighted by Crippen LogP contribution is 2.18. The second-order valence-electron chi connectivity index (χ2n) is 4.18. The summed E-state index contributed by atoms with van der Waals surface area (Å²) >= 11 is 0. The smallest absolute Gasteiger partial charge is 0.253 e. The maximum absolute atomic E-state index is 13.5. The second kappa shape index (κ2) is 6.96. The van der Waals surface area contributed by atoms with Crippen LogP contribution in [0, 0.1) is 11.7 Å². The largest absolute Gasteiger partial charge is 0.385 e. The van der Waals surface area contributed by atoms with Crippen molar-refractivity contribution in [3.63, 3.8) is 0 Å². The number of anilines is 1. The lowest BCUT2D eigenvalue weighted by Gasteiger charge is -2.13. The normalized spacial score (nSPS) is 12.0. The van der Waals surface area contributed by atoms with E-state index in [2.05, 4.69) is 10.6 Å². The highest BCUT2D eigenvalue weighted by molar-refractivity contribution is 5.99. The minimum absolute atomic E-state index is 0.213. The van der Waals surface area contributed by atoms with Gasteiger partial charge in [0.1, 0.15) is 5.82 Å². The summed E-state index contributed by atoms with van der Waals surface area (Å²) in [5.41, 5.74) is 0.525. The van der Waals surface area contributed by atoms with E-state index in [1.165, 1.54) is 12.1 Å². The lowest BCUT2D eigenvalue weighted by Crippen LogP contribution is -2.30. The third-order valence-corrected chi connectivity index (χ3v) is 2.57. The van der Waals surface area contributed by atoms with Crippen LogP contribution in [-0.4, -0.2) is 33.2 Å². The Bertz CT molecular complexity index is 410. The van der Waals surface area contributed by atoms with E-state index in [0.29, 0.717) is 18.7 Å². The molecule has 0 heterocycles. The molecule has 0 aliphatic heterocycles. The van der Waals surface area contributed by atoms with Crippen LogP contribution in [0.5, 0.6) is 0 Å². The zero-order valence-corrected chi connectivity index (χ0v) is 10.9. The number of amides is 1. The highest BCUT2D eigenvalue weighted by Gasteiger charge is 2.14. The maximum Gasteiger partial charge on any atom is 0.253 e. The van der Waals surface area contributed by atoms with Crippen molar-refractivity contribution in [3.8, 4) is 0 Å². The zero-order valence-electron chi connectivity index (χ0n) is 10.9. The number of benzene rings is 1. The fourth-order valence-corrected chi connectivity index (χ4v) is 1.67. The van der Waals surface area contributed by atoms with Crippen molar-refractivity contribution >= 4 is 11.6 Å². The summed E-state index contributed by atoms with van der Waals surface area (Å²) in [4.78, 5) is 11.9. The number of rotatable bonds is 6. The van der Waals surface area contributed by atoms with E-state index in [-0.39, 0.29) is 17.5 Å². The molecule has 1 rings (SSSR count). The van der Waals surface area contributed by atoms with Crippen molar-refractivity contribution in [1.29, 1.82) is 0 Å². The predicted octanol–water partition coefficient (Wildman–Crippen LogP) is 1.88. The maximum atomic E-state index is 13.5. The van der Waals surface area contributed by atoms with Gasteiger partial charge in [-0.25, -0.2) is 4.39 Å². The van der Waals surface area contributed by atoms with E-state index in [1.54, 1.807) is 20.2 Å². The van der Waals surface area contributed by atoms with Gasteiger partial charge in [-0.2, -0.15) is 0 Å². The summed E-state index contributed by atoms with van der Waals surface area (Å²) in [6.45, 7) is 3.03. The third kappa shape index (κ3) is 3.70. The first-order chi connectivity index (χ1) is 8.60. The Labute approximate surface area is 107 Å². The number of hydrogen-bond donors (Lipinski definition) is 2. The van der Waals surface area contributed by atoms with Crippen molar-refractivity contribution in [1.82, 2.24) is 5.32 Å². The molecule has 1 aromatic rings. The number of carbonyl (C=O) groups excluding carboxylic acids is 1. The first kappa shape index (κ1) is 14.4. The van der Waals surface area contributed by atoms with Gasteiger partial charge in [-0.1, -0.05) is 13.0 Å². The molecule has 18 heavy (non-hydrogen) atoms. The Hall–Kier alpha value is -1.62. The number of ether oxygens (including phenoxy) is 1. The molecule has 1 unspecified atom stereocenters. The molecule has 5 heteroatoms. The molecule has 100 valence electrons. The van der Waals surface area contributed by atoms with Gasteiger partial charge in [-0.3, -0.25) is 4.79 Å². The summed E-state index contributed by atoms with van der Waals surface area (Å²) in [5.74, 6) is -0.512. The van der Waals surface area contributed by atoms with Gasteiger partial charge in [-0.15, -0.1) is 0 Å². The Morgan fingerprint density at radius 1 is 1.50 bits per heavy atom. The van der Waals surface area contributed by atoms with Gasteiger partial charge in [0.25, 0.3) is 5.91 Å². The van der Waals surface area contributed by atoms with Gasteiger partial charge in [-0.05, 0) is 18.1 Å². The molecule has 0 saturated carbocycles. The lowest BCUT2D eigenvalue weighted by molar-refractivity contribution is 0.0934. The van der Waals surface area contributed by atoms with E-state index in [0.717, 1.165) is 0 Å². The van der Waals surface area contributed by atoms with Gasteiger partial charge < -0.3 is 15.4 Å². The number of hydrogen-bond acceptors (Lipinski definition) is 3. The molecule has 0 saturated heterocycles. The van der Waals surface area contributed by atoms with Crippen molar-refractivity contribution in [3.05, 3.63) is 29.6 Å². The minimum Gasteiger partial charge on any atom is -0.385 e. The SMILES string of the molecule is CNc1c(F)cccc1C(=O)NCC(C)COC. The molecule has 0 fully saturated rings. The van der Waals surface area contributed by atoms with E-state index < -0.39 is 5.82 Å². The van der Waals surface area contributed by atoms with Crippen LogP contribution in [0.4, 0.5) is 10.1 Å². The average molecular weight is 254 g/mol. The number of para-hydroxylation sites is 1. The molecule has 0 spiro atoms. The summed E-state index contributed by atoms with van der Waals surface area (Å²) in [6.07, 6.45) is 0. The van der Waals surface area contributed by atoms with E-state index in [1.807, 2.05) is 6.92 Å². The molecule has 0 aromatic heterocycles. The van der Waals surface area contributed by atoms with Gasteiger partial charge >= 0.3 is 0 Å². The van der Waals surface area contributed by atoms with Crippen molar-refractivity contribution < 1.29 is 13.9 Å². The van der Waals surface area contributed by atoms with Crippen LogP contribution >= 0.6 is 0 Å². The van der Waals surface area contributed by atoms with Crippen molar-refractivity contribution in [2.24, 2.45) is 5.92 Å². The van der Waals surface area contributed by atoms with Gasteiger partial charge in [0, 0.05) is 20.7 Å². The van der Waals surface area contributed by atoms with Crippen molar-refractivity contribution in [2.75, 3.05) is 32.6 Å². The number of halogens is 1. The Morgan fingerprint density at radius 2 is 2.22 bits per heavy atom. The van der Waals surface area contributed by atoms with Gasteiger partial charge in [0.15, 0.2) is 0 Å². The Morgan fingerprint density at radius 3 is 2.83 bits per heavy atom. The Kier molecular flexibility index (Phi) is 5.58. The van der Waals surface area contributed by atoms with E-state index in [9.17, 15) is 9.18 Å². The van der Waals surface area contributed by atoms with Crippen LogP contribution < -0.4 is 10.6 Å². The first-order valence-corrected chi connectivity index (χ1v) is 5.83. The lowest BCUT2D eigenvalue weighted by atomic mass is 10.1. The highest BCUT2D eigenvalue weighted by atomic mass is 19.1. The standard InChI is InChI=1S/C13H19FN2O2/c1-9(8-18-3)7-16-13(17)10-5-4-6-11(14)12(10)15-2/h4-6,9,15H,7-8H2,1-3H3,(H,16,17). The molecule has 1 aromatic carbocycles. The molecular formula is C13H19FN2O2. The molecule has 4 nitrogen and oxygen atoms in total.